The molecule has 23 heavy (non-hydrogen) atoms. The zero-order chi connectivity index (χ0) is 16.1. The highest BCUT2D eigenvalue weighted by Gasteiger charge is 2.30. The molecule has 2 aliphatic rings. The van der Waals surface area contributed by atoms with Crippen LogP contribution in [-0.4, -0.2) is 41.1 Å². The number of amides is 1. The van der Waals surface area contributed by atoms with E-state index in [-0.39, 0.29) is 12.0 Å². The highest BCUT2D eigenvalue weighted by Crippen LogP contribution is 2.28. The van der Waals surface area contributed by atoms with E-state index >= 15 is 0 Å². The normalized spacial score (nSPS) is 27.8. The van der Waals surface area contributed by atoms with Gasteiger partial charge in [0.25, 0.3) is 0 Å². The molecule has 4 heteroatoms. The molecule has 1 unspecified atom stereocenters. The number of rotatable bonds is 5. The molecule has 0 N–H and O–H groups in total. The summed E-state index contributed by atoms with van der Waals surface area (Å²) in [4.78, 5) is 19.2. The summed E-state index contributed by atoms with van der Waals surface area (Å²) in [6, 6.07) is 4.27. The molecule has 1 aromatic heterocycles. The fourth-order valence-electron chi connectivity index (χ4n) is 3.80. The Balaban J connectivity index is 1.66. The van der Waals surface area contributed by atoms with Crippen molar-refractivity contribution in [2.45, 2.75) is 64.0 Å². The molecule has 1 aliphatic heterocycles. The first-order valence-electron chi connectivity index (χ1n) is 9.02. The third-order valence-electron chi connectivity index (χ3n) is 5.25. The average molecular weight is 316 g/mol. The van der Waals surface area contributed by atoms with E-state index < -0.39 is 0 Å². The summed E-state index contributed by atoms with van der Waals surface area (Å²) >= 11 is 0. The van der Waals surface area contributed by atoms with E-state index in [0.717, 1.165) is 50.3 Å². The van der Waals surface area contributed by atoms with E-state index in [2.05, 4.69) is 16.8 Å². The second-order valence-electron chi connectivity index (χ2n) is 7.13. The molecule has 1 aromatic rings. The number of nitrogens with zero attached hydrogens (tertiary/aromatic N) is 2. The maximum atomic E-state index is 12.9. The quantitative estimate of drug-likeness (QED) is 0.837. The second-order valence-corrected chi connectivity index (χ2v) is 7.13. The van der Waals surface area contributed by atoms with Crippen LogP contribution in [0, 0.1) is 5.92 Å². The number of hydrogen-bond acceptors (Lipinski definition) is 3. The fourth-order valence-corrected chi connectivity index (χ4v) is 3.80. The van der Waals surface area contributed by atoms with Gasteiger partial charge in [-0.2, -0.15) is 0 Å². The minimum Gasteiger partial charge on any atom is -0.376 e. The standard InChI is InChI=1S/C19H28N2O2/c1-15-6-8-17(9-7-15)21(14-18-5-3-11-23-18)19(22)12-16-4-2-10-20-13-16/h2,4,10,13,15,17-18H,3,5-9,11-12,14H2,1H3. The summed E-state index contributed by atoms with van der Waals surface area (Å²) in [6.45, 7) is 3.92. The molecular weight excluding hydrogens is 288 g/mol. The molecule has 4 nitrogen and oxygen atoms in total. The molecule has 0 aromatic carbocycles. The first-order valence-corrected chi connectivity index (χ1v) is 9.02. The molecular formula is C19H28N2O2. The van der Waals surface area contributed by atoms with E-state index in [1.807, 2.05) is 12.1 Å². The van der Waals surface area contributed by atoms with Crippen molar-refractivity contribution in [2.75, 3.05) is 13.2 Å². The van der Waals surface area contributed by atoms with Gasteiger partial charge in [0.05, 0.1) is 12.5 Å². The van der Waals surface area contributed by atoms with Crippen LogP contribution in [0.3, 0.4) is 0 Å². The minimum atomic E-state index is 0.229. The zero-order valence-electron chi connectivity index (χ0n) is 14.1. The Labute approximate surface area is 139 Å². The van der Waals surface area contributed by atoms with Gasteiger partial charge in [0.2, 0.25) is 5.91 Å². The minimum absolute atomic E-state index is 0.229. The van der Waals surface area contributed by atoms with Crippen LogP contribution >= 0.6 is 0 Å². The summed E-state index contributed by atoms with van der Waals surface area (Å²) in [5.74, 6) is 1.03. The van der Waals surface area contributed by atoms with E-state index in [4.69, 9.17) is 4.74 Å². The van der Waals surface area contributed by atoms with Gasteiger partial charge in [-0.3, -0.25) is 9.78 Å². The van der Waals surface area contributed by atoms with Gasteiger partial charge in [0.15, 0.2) is 0 Å². The van der Waals surface area contributed by atoms with Crippen molar-refractivity contribution in [3.63, 3.8) is 0 Å². The lowest BCUT2D eigenvalue weighted by Crippen LogP contribution is -2.46. The van der Waals surface area contributed by atoms with E-state index in [9.17, 15) is 4.79 Å². The molecule has 2 heterocycles. The lowest BCUT2D eigenvalue weighted by atomic mass is 9.86. The Morgan fingerprint density at radius 3 is 2.78 bits per heavy atom. The smallest absolute Gasteiger partial charge is 0.227 e. The number of ether oxygens (including phenoxy) is 1. The molecule has 1 atom stereocenters. The molecule has 1 amide bonds. The molecule has 1 saturated heterocycles. The summed E-state index contributed by atoms with van der Waals surface area (Å²) in [5.41, 5.74) is 0.999. The average Bonchev–Trinajstić information content (AvgIpc) is 3.08. The predicted octanol–water partition coefficient (Wildman–Crippen LogP) is 3.21. The summed E-state index contributed by atoms with van der Waals surface area (Å²) in [5, 5.41) is 0. The van der Waals surface area contributed by atoms with E-state index in [1.54, 1.807) is 12.4 Å². The van der Waals surface area contributed by atoms with Gasteiger partial charge in [-0.15, -0.1) is 0 Å². The van der Waals surface area contributed by atoms with Crippen molar-refractivity contribution in [2.24, 2.45) is 5.92 Å². The molecule has 2 fully saturated rings. The number of carbonyl (C=O) groups excluding carboxylic acids is 1. The van der Waals surface area contributed by atoms with Crippen LogP contribution in [0.5, 0.6) is 0 Å². The Kier molecular flexibility index (Phi) is 5.65. The number of pyridine rings is 1. The van der Waals surface area contributed by atoms with Gasteiger partial charge in [-0.05, 0) is 56.1 Å². The van der Waals surface area contributed by atoms with Crippen LogP contribution in [0.4, 0.5) is 0 Å². The van der Waals surface area contributed by atoms with Crippen molar-refractivity contribution in [3.05, 3.63) is 30.1 Å². The maximum Gasteiger partial charge on any atom is 0.227 e. The van der Waals surface area contributed by atoms with Gasteiger partial charge < -0.3 is 9.64 Å². The van der Waals surface area contributed by atoms with Crippen LogP contribution < -0.4 is 0 Å². The zero-order valence-corrected chi connectivity index (χ0v) is 14.1. The molecule has 0 radical (unpaired) electrons. The molecule has 126 valence electrons. The maximum absolute atomic E-state index is 12.9. The summed E-state index contributed by atoms with van der Waals surface area (Å²) in [7, 11) is 0. The largest absolute Gasteiger partial charge is 0.376 e. The highest BCUT2D eigenvalue weighted by molar-refractivity contribution is 5.79. The lowest BCUT2D eigenvalue weighted by Gasteiger charge is -2.37. The van der Waals surface area contributed by atoms with Crippen LogP contribution in [0.1, 0.15) is 51.0 Å². The van der Waals surface area contributed by atoms with Crippen molar-refractivity contribution in [3.8, 4) is 0 Å². The molecule has 1 aliphatic carbocycles. The van der Waals surface area contributed by atoms with Gasteiger partial charge in [-0.1, -0.05) is 13.0 Å². The SMILES string of the molecule is CC1CCC(N(CC2CCCO2)C(=O)Cc2cccnc2)CC1. The number of hydrogen-bond donors (Lipinski definition) is 0. The monoisotopic (exact) mass is 316 g/mol. The van der Waals surface area contributed by atoms with E-state index in [1.165, 1.54) is 12.8 Å². The Bertz CT molecular complexity index is 491. The van der Waals surface area contributed by atoms with Crippen molar-refractivity contribution < 1.29 is 9.53 Å². The van der Waals surface area contributed by atoms with Crippen LogP contribution in [0.2, 0.25) is 0 Å². The predicted molar refractivity (Wildman–Crippen MR) is 90.0 cm³/mol. The molecule has 0 bridgehead atoms. The van der Waals surface area contributed by atoms with Crippen LogP contribution in [0.25, 0.3) is 0 Å². The Morgan fingerprint density at radius 1 is 1.30 bits per heavy atom. The van der Waals surface area contributed by atoms with Gasteiger partial charge in [-0.25, -0.2) is 0 Å². The highest BCUT2D eigenvalue weighted by atomic mass is 16.5. The van der Waals surface area contributed by atoms with E-state index in [0.29, 0.717) is 12.5 Å². The topological polar surface area (TPSA) is 42.4 Å². The number of carbonyl (C=O) groups is 1. The fraction of sp³-hybridized carbons (Fsp3) is 0.684. The van der Waals surface area contributed by atoms with Crippen molar-refractivity contribution in [1.29, 1.82) is 0 Å². The summed E-state index contributed by atoms with van der Waals surface area (Å²) < 4.78 is 5.79. The molecule has 1 saturated carbocycles. The van der Waals surface area contributed by atoms with Crippen LogP contribution in [-0.2, 0) is 16.0 Å². The molecule has 0 spiro atoms. The Morgan fingerprint density at radius 2 is 2.13 bits per heavy atom. The summed E-state index contributed by atoms with van der Waals surface area (Å²) in [6.07, 6.45) is 11.2. The van der Waals surface area contributed by atoms with Crippen molar-refractivity contribution in [1.82, 2.24) is 9.88 Å². The first kappa shape index (κ1) is 16.4. The van der Waals surface area contributed by atoms with Gasteiger partial charge >= 0.3 is 0 Å². The van der Waals surface area contributed by atoms with Crippen LogP contribution in [0.15, 0.2) is 24.5 Å². The van der Waals surface area contributed by atoms with Gasteiger partial charge in [0.1, 0.15) is 0 Å². The number of aromatic nitrogens is 1. The van der Waals surface area contributed by atoms with Crippen molar-refractivity contribution >= 4 is 5.91 Å². The third-order valence-corrected chi connectivity index (χ3v) is 5.25. The van der Waals surface area contributed by atoms with Gasteiger partial charge in [0, 0.05) is 31.6 Å². The lowest BCUT2D eigenvalue weighted by molar-refractivity contribution is -0.135. The molecule has 3 rings (SSSR count). The third kappa shape index (κ3) is 4.54. The first-order chi connectivity index (χ1) is 11.2. The Hall–Kier alpha value is -1.42. The second kappa shape index (κ2) is 7.91.